The maximum absolute atomic E-state index is 12.4. The Labute approximate surface area is 146 Å². The first-order valence-electron chi connectivity index (χ1n) is 7.94. The second-order valence-corrected chi connectivity index (χ2v) is 5.71. The Kier molecular flexibility index (Phi) is 8.12. The molecule has 2 rings (SSSR count). The van der Waals surface area contributed by atoms with E-state index in [9.17, 15) is 18.3 Å². The minimum absolute atomic E-state index is 0. The highest BCUT2D eigenvalue weighted by atomic mass is 35.5. The molecule has 1 aromatic carbocycles. The van der Waals surface area contributed by atoms with E-state index >= 15 is 0 Å². The summed E-state index contributed by atoms with van der Waals surface area (Å²) < 4.78 is 41.3. The fourth-order valence-electron chi connectivity index (χ4n) is 2.92. The Bertz CT molecular complexity index is 509. The number of halogens is 4. The third kappa shape index (κ3) is 6.03. The van der Waals surface area contributed by atoms with E-state index in [4.69, 9.17) is 0 Å². The van der Waals surface area contributed by atoms with Crippen LogP contribution in [0.25, 0.3) is 0 Å². The molecule has 24 heavy (non-hydrogen) atoms. The molecule has 0 saturated carbocycles. The lowest BCUT2D eigenvalue weighted by Gasteiger charge is -2.35. The van der Waals surface area contributed by atoms with Crippen LogP contribution in [-0.2, 0) is 0 Å². The maximum Gasteiger partial charge on any atom is 0.573 e. The predicted octanol–water partition coefficient (Wildman–Crippen LogP) is 3.85. The first-order chi connectivity index (χ1) is 10.9. The highest BCUT2D eigenvalue weighted by Crippen LogP contribution is 2.36. The Balaban J connectivity index is 0.00000288. The van der Waals surface area contributed by atoms with Crippen molar-refractivity contribution in [1.82, 2.24) is 10.2 Å². The number of aromatic hydroxyl groups is 1. The van der Waals surface area contributed by atoms with Crippen LogP contribution in [0.5, 0.6) is 11.5 Å². The van der Waals surface area contributed by atoms with Gasteiger partial charge in [-0.05, 0) is 24.6 Å². The van der Waals surface area contributed by atoms with Crippen molar-refractivity contribution >= 4 is 12.4 Å². The molecular formula is C16H24ClF3N2O2. The Hall–Kier alpha value is -1.18. The van der Waals surface area contributed by atoms with Gasteiger partial charge in [-0.25, -0.2) is 0 Å². The molecule has 0 bridgehead atoms. The molecule has 1 aromatic rings. The summed E-state index contributed by atoms with van der Waals surface area (Å²) in [5, 5.41) is 13.4. The fraction of sp³-hybridized carbons (Fsp3) is 0.625. The SMILES string of the molecule is CCCC[C@H](c1cc(OC(F)(F)F)ccc1O)N1CCNCC1.Cl. The second kappa shape index (κ2) is 9.34. The van der Waals surface area contributed by atoms with Crippen LogP contribution in [0, 0.1) is 0 Å². The summed E-state index contributed by atoms with van der Waals surface area (Å²) in [4.78, 5) is 2.21. The number of alkyl halides is 3. The number of phenols is 1. The van der Waals surface area contributed by atoms with Crippen LogP contribution in [-0.4, -0.2) is 42.5 Å². The molecule has 0 aliphatic carbocycles. The van der Waals surface area contributed by atoms with E-state index in [1.54, 1.807) is 0 Å². The number of rotatable bonds is 6. The molecule has 8 heteroatoms. The molecule has 1 heterocycles. The number of nitrogens with one attached hydrogen (secondary N) is 1. The number of ether oxygens (including phenoxy) is 1. The van der Waals surface area contributed by atoms with Gasteiger partial charge in [0.1, 0.15) is 11.5 Å². The zero-order valence-corrected chi connectivity index (χ0v) is 14.4. The minimum Gasteiger partial charge on any atom is -0.508 e. The van der Waals surface area contributed by atoms with E-state index in [1.807, 2.05) is 0 Å². The summed E-state index contributed by atoms with van der Waals surface area (Å²) >= 11 is 0. The van der Waals surface area contributed by atoms with E-state index in [1.165, 1.54) is 12.1 Å². The summed E-state index contributed by atoms with van der Waals surface area (Å²) in [5.41, 5.74) is 0.502. The van der Waals surface area contributed by atoms with E-state index in [2.05, 4.69) is 21.9 Å². The summed E-state index contributed by atoms with van der Waals surface area (Å²) in [6, 6.07) is 3.62. The molecule has 0 radical (unpaired) electrons. The second-order valence-electron chi connectivity index (χ2n) is 5.71. The van der Waals surface area contributed by atoms with Crippen molar-refractivity contribution < 1.29 is 23.0 Å². The molecular weight excluding hydrogens is 345 g/mol. The molecule has 1 saturated heterocycles. The topological polar surface area (TPSA) is 44.7 Å². The van der Waals surface area contributed by atoms with Gasteiger partial charge >= 0.3 is 6.36 Å². The quantitative estimate of drug-likeness (QED) is 0.800. The van der Waals surface area contributed by atoms with Crippen molar-refractivity contribution in [3.05, 3.63) is 23.8 Å². The molecule has 0 spiro atoms. The zero-order valence-electron chi connectivity index (χ0n) is 13.6. The lowest BCUT2D eigenvalue weighted by atomic mass is 9.97. The first-order valence-corrected chi connectivity index (χ1v) is 7.94. The van der Waals surface area contributed by atoms with Gasteiger partial charge in [-0.1, -0.05) is 19.8 Å². The summed E-state index contributed by atoms with van der Waals surface area (Å²) in [5.74, 6) is -0.277. The number of hydrogen-bond acceptors (Lipinski definition) is 4. The van der Waals surface area contributed by atoms with Crippen LogP contribution in [0.2, 0.25) is 0 Å². The van der Waals surface area contributed by atoms with Gasteiger partial charge in [-0.2, -0.15) is 0 Å². The molecule has 1 aliphatic heterocycles. The van der Waals surface area contributed by atoms with Gasteiger partial charge in [0.05, 0.1) is 0 Å². The normalized spacial score (nSPS) is 17.2. The average Bonchev–Trinajstić information content (AvgIpc) is 2.50. The molecule has 138 valence electrons. The predicted molar refractivity (Wildman–Crippen MR) is 88.7 cm³/mol. The molecule has 1 atom stereocenters. The van der Waals surface area contributed by atoms with Gasteiger partial charge in [0.25, 0.3) is 0 Å². The maximum atomic E-state index is 12.4. The van der Waals surface area contributed by atoms with Gasteiger partial charge in [-0.15, -0.1) is 25.6 Å². The standard InChI is InChI=1S/C16H23F3N2O2.ClH/c1-2-3-4-14(21-9-7-20-8-10-21)13-11-12(5-6-15(13)22)23-16(17,18)19;/h5-6,11,14,20,22H,2-4,7-10H2,1H3;1H/t14-;/m1./s1. The van der Waals surface area contributed by atoms with Crippen LogP contribution in [0.3, 0.4) is 0 Å². The van der Waals surface area contributed by atoms with E-state index in [-0.39, 0.29) is 29.9 Å². The lowest BCUT2D eigenvalue weighted by molar-refractivity contribution is -0.274. The van der Waals surface area contributed by atoms with E-state index < -0.39 is 6.36 Å². The van der Waals surface area contributed by atoms with Crippen molar-refractivity contribution in [1.29, 1.82) is 0 Å². The Morgan fingerprint density at radius 1 is 1.29 bits per heavy atom. The highest BCUT2D eigenvalue weighted by molar-refractivity contribution is 5.85. The molecule has 0 aromatic heterocycles. The third-order valence-electron chi connectivity index (χ3n) is 4.02. The number of hydrogen-bond donors (Lipinski definition) is 2. The smallest absolute Gasteiger partial charge is 0.508 e. The van der Waals surface area contributed by atoms with Crippen molar-refractivity contribution in [2.45, 2.75) is 38.6 Å². The van der Waals surface area contributed by atoms with Gasteiger partial charge in [0.15, 0.2) is 0 Å². The van der Waals surface area contributed by atoms with Crippen LogP contribution in [0.1, 0.15) is 37.8 Å². The Morgan fingerprint density at radius 2 is 1.96 bits per heavy atom. The largest absolute Gasteiger partial charge is 0.573 e. The van der Waals surface area contributed by atoms with Crippen LogP contribution in [0.15, 0.2) is 18.2 Å². The summed E-state index contributed by atoms with van der Waals surface area (Å²) in [7, 11) is 0. The molecule has 1 aliphatic rings. The number of nitrogens with zero attached hydrogens (tertiary/aromatic N) is 1. The molecule has 4 nitrogen and oxygen atoms in total. The van der Waals surface area contributed by atoms with Crippen LogP contribution < -0.4 is 10.1 Å². The third-order valence-corrected chi connectivity index (χ3v) is 4.02. The molecule has 2 N–H and O–H groups in total. The highest BCUT2D eigenvalue weighted by Gasteiger charge is 2.32. The molecule has 1 fully saturated rings. The fourth-order valence-corrected chi connectivity index (χ4v) is 2.92. The number of benzene rings is 1. The van der Waals surface area contributed by atoms with Crippen molar-refractivity contribution in [2.75, 3.05) is 26.2 Å². The summed E-state index contributed by atoms with van der Waals surface area (Å²) in [6.45, 7) is 5.35. The van der Waals surface area contributed by atoms with Crippen LogP contribution >= 0.6 is 12.4 Å². The molecule has 0 unspecified atom stereocenters. The summed E-state index contributed by atoms with van der Waals surface area (Å²) in [6.07, 6.45) is -2.01. The van der Waals surface area contributed by atoms with Crippen LogP contribution in [0.4, 0.5) is 13.2 Å². The van der Waals surface area contributed by atoms with Crippen molar-refractivity contribution in [3.63, 3.8) is 0 Å². The number of unbranched alkanes of at least 4 members (excludes halogenated alkanes) is 1. The monoisotopic (exact) mass is 368 g/mol. The Morgan fingerprint density at radius 3 is 2.54 bits per heavy atom. The van der Waals surface area contributed by atoms with Gasteiger partial charge in [0, 0.05) is 37.8 Å². The van der Waals surface area contributed by atoms with Gasteiger partial charge in [-0.3, -0.25) is 4.90 Å². The first kappa shape index (κ1) is 20.9. The van der Waals surface area contributed by atoms with Crippen molar-refractivity contribution in [3.8, 4) is 11.5 Å². The number of phenolic OH excluding ortho intramolecular Hbond substituents is 1. The van der Waals surface area contributed by atoms with E-state index in [0.717, 1.165) is 51.5 Å². The average molecular weight is 369 g/mol. The van der Waals surface area contributed by atoms with Crippen molar-refractivity contribution in [2.24, 2.45) is 0 Å². The van der Waals surface area contributed by atoms with E-state index in [0.29, 0.717) is 5.56 Å². The minimum atomic E-state index is -4.73. The molecule has 0 amide bonds. The van der Waals surface area contributed by atoms with Gasteiger partial charge < -0.3 is 15.2 Å². The lowest BCUT2D eigenvalue weighted by Crippen LogP contribution is -2.45. The zero-order chi connectivity index (χ0) is 16.9. The number of piperazine rings is 1. The van der Waals surface area contributed by atoms with Gasteiger partial charge in [0.2, 0.25) is 0 Å².